The third-order valence-corrected chi connectivity index (χ3v) is 2.77. The fourth-order valence-electron chi connectivity index (χ4n) is 1.87. The van der Waals surface area contributed by atoms with E-state index in [2.05, 4.69) is 0 Å². The van der Waals surface area contributed by atoms with E-state index in [-0.39, 0.29) is 13.1 Å². The number of hydrazine groups is 1. The SMILES string of the molecule is O=C(OC1CN(C(=O)O)N(C(=O)O)C1)c1ccccc1. The summed E-state index contributed by atoms with van der Waals surface area (Å²) >= 11 is 0. The van der Waals surface area contributed by atoms with Gasteiger partial charge >= 0.3 is 18.2 Å². The van der Waals surface area contributed by atoms with Gasteiger partial charge in [0, 0.05) is 0 Å². The predicted molar refractivity (Wildman–Crippen MR) is 65.1 cm³/mol. The first-order chi connectivity index (χ1) is 9.49. The zero-order valence-electron chi connectivity index (χ0n) is 10.3. The van der Waals surface area contributed by atoms with Crippen molar-refractivity contribution in [2.24, 2.45) is 0 Å². The molecule has 106 valence electrons. The highest BCUT2D eigenvalue weighted by Crippen LogP contribution is 2.16. The average molecular weight is 280 g/mol. The van der Waals surface area contributed by atoms with Crippen LogP contribution in [0.15, 0.2) is 30.3 Å². The van der Waals surface area contributed by atoms with Crippen molar-refractivity contribution in [2.45, 2.75) is 6.10 Å². The lowest BCUT2D eigenvalue weighted by molar-refractivity contribution is 0.0343. The monoisotopic (exact) mass is 280 g/mol. The molecule has 2 N–H and O–H groups in total. The molecule has 1 aromatic carbocycles. The number of nitrogens with zero attached hydrogens (tertiary/aromatic N) is 2. The molecule has 8 heteroatoms. The summed E-state index contributed by atoms with van der Waals surface area (Å²) < 4.78 is 5.11. The van der Waals surface area contributed by atoms with Crippen LogP contribution in [0.25, 0.3) is 0 Å². The maximum absolute atomic E-state index is 11.8. The molecule has 1 saturated heterocycles. The number of hydrogen-bond donors (Lipinski definition) is 2. The third kappa shape index (κ3) is 2.79. The molecule has 0 bridgehead atoms. The Kier molecular flexibility index (Phi) is 3.74. The number of esters is 1. The van der Waals surface area contributed by atoms with E-state index in [4.69, 9.17) is 14.9 Å². The number of rotatable bonds is 2. The van der Waals surface area contributed by atoms with Crippen molar-refractivity contribution in [3.05, 3.63) is 35.9 Å². The maximum Gasteiger partial charge on any atom is 0.426 e. The molecule has 1 aliphatic rings. The summed E-state index contributed by atoms with van der Waals surface area (Å²) in [6.45, 7) is -0.416. The van der Waals surface area contributed by atoms with Crippen molar-refractivity contribution < 1.29 is 29.3 Å². The van der Waals surface area contributed by atoms with Crippen LogP contribution in [0.4, 0.5) is 9.59 Å². The third-order valence-electron chi connectivity index (χ3n) is 2.77. The molecule has 1 heterocycles. The first-order valence-electron chi connectivity index (χ1n) is 5.76. The van der Waals surface area contributed by atoms with Crippen LogP contribution in [-0.4, -0.2) is 57.6 Å². The molecule has 0 unspecified atom stereocenters. The van der Waals surface area contributed by atoms with Crippen molar-refractivity contribution in [3.8, 4) is 0 Å². The molecule has 0 aromatic heterocycles. The Hall–Kier alpha value is -2.77. The van der Waals surface area contributed by atoms with Gasteiger partial charge in [0.05, 0.1) is 18.7 Å². The lowest BCUT2D eigenvalue weighted by Crippen LogP contribution is -2.43. The number of carbonyl (C=O) groups is 3. The van der Waals surface area contributed by atoms with Gasteiger partial charge in [-0.05, 0) is 12.1 Å². The number of ether oxygens (including phenoxy) is 1. The summed E-state index contributed by atoms with van der Waals surface area (Å²) in [7, 11) is 0. The molecule has 0 aliphatic carbocycles. The number of carboxylic acid groups (broad SMARTS) is 2. The van der Waals surface area contributed by atoms with Gasteiger partial charge in [-0.15, -0.1) is 0 Å². The quantitative estimate of drug-likeness (QED) is 0.785. The molecule has 0 radical (unpaired) electrons. The van der Waals surface area contributed by atoms with E-state index in [1.54, 1.807) is 30.3 Å². The van der Waals surface area contributed by atoms with E-state index in [1.165, 1.54) is 0 Å². The van der Waals surface area contributed by atoms with E-state index in [0.717, 1.165) is 0 Å². The highest BCUT2D eigenvalue weighted by molar-refractivity contribution is 5.89. The van der Waals surface area contributed by atoms with Crippen LogP contribution in [0.3, 0.4) is 0 Å². The Morgan fingerprint density at radius 3 is 1.95 bits per heavy atom. The topological polar surface area (TPSA) is 107 Å². The number of benzene rings is 1. The van der Waals surface area contributed by atoms with Crippen LogP contribution >= 0.6 is 0 Å². The van der Waals surface area contributed by atoms with Gasteiger partial charge in [-0.1, -0.05) is 18.2 Å². The van der Waals surface area contributed by atoms with Crippen molar-refractivity contribution in [1.29, 1.82) is 0 Å². The van der Waals surface area contributed by atoms with Gasteiger partial charge < -0.3 is 14.9 Å². The van der Waals surface area contributed by atoms with Crippen LogP contribution in [0.1, 0.15) is 10.4 Å². The van der Waals surface area contributed by atoms with Crippen LogP contribution in [0, 0.1) is 0 Å². The van der Waals surface area contributed by atoms with Gasteiger partial charge in [-0.25, -0.2) is 24.4 Å². The van der Waals surface area contributed by atoms with Gasteiger partial charge in [0.1, 0.15) is 6.10 Å². The molecule has 0 atom stereocenters. The fourth-order valence-corrected chi connectivity index (χ4v) is 1.87. The molecule has 2 rings (SSSR count). The molecule has 1 aromatic rings. The lowest BCUT2D eigenvalue weighted by Gasteiger charge is -2.20. The molecule has 20 heavy (non-hydrogen) atoms. The van der Waals surface area contributed by atoms with Gasteiger partial charge in [-0.3, -0.25) is 0 Å². The van der Waals surface area contributed by atoms with Crippen LogP contribution in [0.2, 0.25) is 0 Å². The summed E-state index contributed by atoms with van der Waals surface area (Å²) in [5.41, 5.74) is 0.322. The smallest absolute Gasteiger partial charge is 0.426 e. The second-order valence-corrected chi connectivity index (χ2v) is 4.12. The Balaban J connectivity index is 2.03. The zero-order chi connectivity index (χ0) is 14.7. The Bertz CT molecular complexity index is 510. The summed E-state index contributed by atoms with van der Waals surface area (Å²) in [5, 5.41) is 19.0. The Morgan fingerprint density at radius 1 is 1.00 bits per heavy atom. The van der Waals surface area contributed by atoms with Crippen LogP contribution in [0.5, 0.6) is 0 Å². The summed E-state index contributed by atoms with van der Waals surface area (Å²) in [6.07, 6.45) is -3.65. The van der Waals surface area contributed by atoms with Crippen molar-refractivity contribution in [1.82, 2.24) is 10.0 Å². The molecule has 0 spiro atoms. The highest BCUT2D eigenvalue weighted by Gasteiger charge is 2.38. The molecule has 0 saturated carbocycles. The van der Waals surface area contributed by atoms with Crippen molar-refractivity contribution in [3.63, 3.8) is 0 Å². The first kappa shape index (κ1) is 13.7. The van der Waals surface area contributed by atoms with Gasteiger partial charge in [-0.2, -0.15) is 0 Å². The Labute approximate surface area is 113 Å². The minimum atomic E-state index is -1.41. The van der Waals surface area contributed by atoms with Gasteiger partial charge in [0.25, 0.3) is 0 Å². The standard InChI is InChI=1S/C12H12N2O6/c15-10(8-4-2-1-3-5-8)20-9-6-13(11(16)17)14(7-9)12(18)19/h1-5,9H,6-7H2,(H,16,17)(H,18,19). The molecule has 1 aliphatic heterocycles. The van der Waals surface area contributed by atoms with Gasteiger partial charge in [0.15, 0.2) is 0 Å². The van der Waals surface area contributed by atoms with E-state index in [0.29, 0.717) is 15.6 Å². The van der Waals surface area contributed by atoms with Crippen LogP contribution in [-0.2, 0) is 4.74 Å². The van der Waals surface area contributed by atoms with Gasteiger partial charge in [0.2, 0.25) is 0 Å². The summed E-state index contributed by atoms with van der Waals surface area (Å²) in [6, 6.07) is 8.18. The Morgan fingerprint density at radius 2 is 1.50 bits per heavy atom. The van der Waals surface area contributed by atoms with Crippen molar-refractivity contribution in [2.75, 3.05) is 13.1 Å². The maximum atomic E-state index is 11.8. The highest BCUT2D eigenvalue weighted by atomic mass is 16.5. The molecule has 8 nitrogen and oxygen atoms in total. The molecule has 2 amide bonds. The average Bonchev–Trinajstić information content (AvgIpc) is 2.84. The summed E-state index contributed by atoms with van der Waals surface area (Å²) in [4.78, 5) is 33.6. The van der Waals surface area contributed by atoms with E-state index >= 15 is 0 Å². The van der Waals surface area contributed by atoms with E-state index in [1.807, 2.05) is 0 Å². The molecular weight excluding hydrogens is 268 g/mol. The second kappa shape index (κ2) is 5.47. The minimum absolute atomic E-state index is 0.208. The van der Waals surface area contributed by atoms with Crippen LogP contribution < -0.4 is 0 Å². The van der Waals surface area contributed by atoms with E-state index < -0.39 is 24.3 Å². The van der Waals surface area contributed by atoms with Crippen molar-refractivity contribution >= 4 is 18.2 Å². The minimum Gasteiger partial charge on any atom is -0.464 e. The molecular formula is C12H12N2O6. The molecule has 1 fully saturated rings. The number of hydrogen-bond acceptors (Lipinski definition) is 4. The number of carbonyl (C=O) groups excluding carboxylic acids is 1. The predicted octanol–water partition coefficient (Wildman–Crippen LogP) is 1.10. The van der Waals surface area contributed by atoms with E-state index in [9.17, 15) is 14.4 Å². The second-order valence-electron chi connectivity index (χ2n) is 4.12. The first-order valence-corrected chi connectivity index (χ1v) is 5.76. The zero-order valence-corrected chi connectivity index (χ0v) is 10.3. The fraction of sp³-hybridized carbons (Fsp3) is 0.250. The lowest BCUT2D eigenvalue weighted by atomic mass is 10.2. The number of amides is 2. The largest absolute Gasteiger partial charge is 0.464 e. The normalized spacial score (nSPS) is 15.2. The summed E-state index contributed by atoms with van der Waals surface area (Å²) in [5.74, 6) is -0.617.